The number of hydrogen-bond acceptors (Lipinski definition) is 4. The van der Waals surface area contributed by atoms with Crippen molar-refractivity contribution < 1.29 is 14.4 Å². The minimum atomic E-state index is -0.284. The molecule has 3 amide bonds. The second kappa shape index (κ2) is 12.2. The lowest BCUT2D eigenvalue weighted by atomic mass is 9.96. The van der Waals surface area contributed by atoms with Crippen molar-refractivity contribution in [2.24, 2.45) is 5.92 Å². The van der Waals surface area contributed by atoms with Crippen LogP contribution >= 0.6 is 0 Å². The Bertz CT molecular complexity index is 948. The average Bonchev–Trinajstić information content (AvgIpc) is 2.80. The van der Waals surface area contributed by atoms with Gasteiger partial charge in [-0.05, 0) is 57.0 Å². The molecule has 0 bridgehead atoms. The van der Waals surface area contributed by atoms with Gasteiger partial charge in [0.1, 0.15) is 0 Å². The van der Waals surface area contributed by atoms with Crippen LogP contribution in [0, 0.1) is 5.92 Å². The van der Waals surface area contributed by atoms with E-state index < -0.39 is 0 Å². The van der Waals surface area contributed by atoms with Gasteiger partial charge in [0, 0.05) is 18.3 Å². The van der Waals surface area contributed by atoms with E-state index in [0.29, 0.717) is 23.5 Å². The predicted octanol–water partition coefficient (Wildman–Crippen LogP) is 3.89. The first-order chi connectivity index (χ1) is 16.0. The summed E-state index contributed by atoms with van der Waals surface area (Å²) in [7, 11) is 0. The van der Waals surface area contributed by atoms with Gasteiger partial charge in [-0.3, -0.25) is 19.3 Å². The molecule has 7 heteroatoms. The van der Waals surface area contributed by atoms with Crippen molar-refractivity contribution in [1.82, 2.24) is 10.2 Å². The minimum Gasteiger partial charge on any atom is -0.353 e. The molecule has 2 atom stereocenters. The highest BCUT2D eigenvalue weighted by Crippen LogP contribution is 2.19. The van der Waals surface area contributed by atoms with E-state index in [-0.39, 0.29) is 36.2 Å². The van der Waals surface area contributed by atoms with Gasteiger partial charge in [-0.1, -0.05) is 43.7 Å². The Kier molecular flexibility index (Phi) is 9.01. The normalized spacial score (nSPS) is 17.1. The number of rotatable bonds is 9. The molecule has 3 N–H and O–H groups in total. The Labute approximate surface area is 195 Å². The van der Waals surface area contributed by atoms with Gasteiger partial charge in [-0.25, -0.2) is 0 Å². The third-order valence-electron chi connectivity index (χ3n) is 5.83. The monoisotopic (exact) mass is 450 g/mol. The maximum Gasteiger partial charge on any atom is 0.257 e. The van der Waals surface area contributed by atoms with E-state index in [2.05, 4.69) is 22.9 Å². The molecule has 176 valence electrons. The first kappa shape index (κ1) is 24.5. The highest BCUT2D eigenvalue weighted by molar-refractivity contribution is 6.10. The zero-order valence-corrected chi connectivity index (χ0v) is 19.5. The summed E-state index contributed by atoms with van der Waals surface area (Å²) in [5, 5.41) is 8.82. The van der Waals surface area contributed by atoms with Crippen LogP contribution in [-0.2, 0) is 9.59 Å². The Balaban J connectivity index is 1.56. The van der Waals surface area contributed by atoms with Crippen molar-refractivity contribution in [1.29, 1.82) is 0 Å². The van der Waals surface area contributed by atoms with Crippen LogP contribution in [0.2, 0.25) is 0 Å². The van der Waals surface area contributed by atoms with E-state index >= 15 is 0 Å². The van der Waals surface area contributed by atoms with Crippen LogP contribution in [0.3, 0.4) is 0 Å². The van der Waals surface area contributed by atoms with Gasteiger partial charge in [0.2, 0.25) is 11.8 Å². The minimum absolute atomic E-state index is 0.0731. The fourth-order valence-corrected chi connectivity index (χ4v) is 4.18. The lowest BCUT2D eigenvalue weighted by molar-refractivity contribution is -0.128. The van der Waals surface area contributed by atoms with Gasteiger partial charge in [0.25, 0.3) is 5.91 Å². The molecule has 0 saturated carbocycles. The molecule has 3 rings (SSSR count). The maximum atomic E-state index is 12.8. The van der Waals surface area contributed by atoms with Crippen LogP contribution in [0.15, 0.2) is 54.6 Å². The van der Waals surface area contributed by atoms with Crippen LogP contribution in [0.4, 0.5) is 11.4 Å². The van der Waals surface area contributed by atoms with Gasteiger partial charge in [0.15, 0.2) is 0 Å². The number of carbonyl (C=O) groups excluding carboxylic acids is 3. The van der Waals surface area contributed by atoms with Gasteiger partial charge < -0.3 is 16.0 Å². The number of benzene rings is 2. The standard InChI is InChI=1S/C26H34N4O3/c1-3-10-19(2)27-25(32)20-11-9-16-30(17-20)18-24(31)29-23-15-8-7-14-22(23)26(33)28-21-12-5-4-6-13-21/h4-8,12-15,19-20H,3,9-11,16-18H2,1-2H3,(H,27,32)(H,28,33)(H,29,31). The molecule has 2 unspecified atom stereocenters. The van der Waals surface area contributed by atoms with Gasteiger partial charge in [-0.2, -0.15) is 0 Å². The molecule has 1 saturated heterocycles. The molecule has 2 aromatic carbocycles. The lowest BCUT2D eigenvalue weighted by Gasteiger charge is -2.32. The maximum absolute atomic E-state index is 12.8. The fraction of sp³-hybridized carbons (Fsp3) is 0.423. The summed E-state index contributed by atoms with van der Waals surface area (Å²) >= 11 is 0. The van der Waals surface area contributed by atoms with Crippen molar-refractivity contribution in [3.05, 3.63) is 60.2 Å². The molecule has 33 heavy (non-hydrogen) atoms. The van der Waals surface area contributed by atoms with Crippen LogP contribution in [0.1, 0.15) is 49.9 Å². The van der Waals surface area contributed by atoms with E-state index in [9.17, 15) is 14.4 Å². The van der Waals surface area contributed by atoms with E-state index in [1.807, 2.05) is 42.2 Å². The number of carbonyl (C=O) groups is 3. The first-order valence-corrected chi connectivity index (χ1v) is 11.7. The largest absolute Gasteiger partial charge is 0.353 e. The molecule has 1 heterocycles. The number of anilines is 2. The van der Waals surface area contributed by atoms with Crippen LogP contribution in [0.25, 0.3) is 0 Å². The summed E-state index contributed by atoms with van der Waals surface area (Å²) < 4.78 is 0. The molecule has 0 aliphatic carbocycles. The van der Waals surface area contributed by atoms with Crippen molar-refractivity contribution in [2.75, 3.05) is 30.3 Å². The molecule has 0 spiro atoms. The Morgan fingerprint density at radius 2 is 1.76 bits per heavy atom. The molecule has 7 nitrogen and oxygen atoms in total. The molecular weight excluding hydrogens is 416 g/mol. The number of piperidine rings is 1. The summed E-state index contributed by atoms with van der Waals surface area (Å²) in [6.07, 6.45) is 3.71. The molecule has 0 aromatic heterocycles. The molecule has 1 aliphatic rings. The second-order valence-electron chi connectivity index (χ2n) is 8.69. The Morgan fingerprint density at radius 3 is 2.52 bits per heavy atom. The summed E-state index contributed by atoms with van der Waals surface area (Å²) in [5.74, 6) is -0.512. The Hall–Kier alpha value is -3.19. The summed E-state index contributed by atoms with van der Waals surface area (Å²) in [6, 6.07) is 16.3. The third-order valence-corrected chi connectivity index (χ3v) is 5.83. The van der Waals surface area contributed by atoms with Crippen molar-refractivity contribution >= 4 is 29.1 Å². The zero-order chi connectivity index (χ0) is 23.6. The quantitative estimate of drug-likeness (QED) is 0.541. The van der Waals surface area contributed by atoms with Gasteiger partial charge in [-0.15, -0.1) is 0 Å². The second-order valence-corrected chi connectivity index (χ2v) is 8.69. The van der Waals surface area contributed by atoms with Crippen molar-refractivity contribution in [2.45, 2.75) is 45.6 Å². The highest BCUT2D eigenvalue weighted by Gasteiger charge is 2.27. The number of nitrogens with zero attached hydrogens (tertiary/aromatic N) is 1. The number of likely N-dealkylation sites (tertiary alicyclic amines) is 1. The van der Waals surface area contributed by atoms with Crippen LogP contribution < -0.4 is 16.0 Å². The van der Waals surface area contributed by atoms with Crippen molar-refractivity contribution in [3.8, 4) is 0 Å². The van der Waals surface area contributed by atoms with E-state index in [4.69, 9.17) is 0 Å². The molecule has 1 aliphatic heterocycles. The van der Waals surface area contributed by atoms with E-state index in [0.717, 1.165) is 32.2 Å². The van der Waals surface area contributed by atoms with Crippen molar-refractivity contribution in [3.63, 3.8) is 0 Å². The fourth-order valence-electron chi connectivity index (χ4n) is 4.18. The third kappa shape index (κ3) is 7.43. The summed E-state index contributed by atoms with van der Waals surface area (Å²) in [6.45, 7) is 5.66. The topological polar surface area (TPSA) is 90.5 Å². The van der Waals surface area contributed by atoms with Gasteiger partial charge >= 0.3 is 0 Å². The highest BCUT2D eigenvalue weighted by atomic mass is 16.2. The van der Waals surface area contributed by atoms with Gasteiger partial charge in [0.05, 0.1) is 23.7 Å². The van der Waals surface area contributed by atoms with Crippen LogP contribution in [0.5, 0.6) is 0 Å². The molecule has 1 fully saturated rings. The van der Waals surface area contributed by atoms with E-state index in [1.54, 1.807) is 24.3 Å². The van der Waals surface area contributed by atoms with Crippen LogP contribution in [-0.4, -0.2) is 48.3 Å². The summed E-state index contributed by atoms with van der Waals surface area (Å²) in [5.41, 5.74) is 1.56. The number of amides is 3. The Morgan fingerprint density at radius 1 is 1.03 bits per heavy atom. The summed E-state index contributed by atoms with van der Waals surface area (Å²) in [4.78, 5) is 40.1. The smallest absolute Gasteiger partial charge is 0.257 e. The first-order valence-electron chi connectivity index (χ1n) is 11.7. The molecule has 0 radical (unpaired) electrons. The number of nitrogens with one attached hydrogen (secondary N) is 3. The average molecular weight is 451 g/mol. The lowest BCUT2D eigenvalue weighted by Crippen LogP contribution is -2.47. The zero-order valence-electron chi connectivity index (χ0n) is 19.5. The molecule has 2 aromatic rings. The van der Waals surface area contributed by atoms with E-state index in [1.165, 1.54) is 0 Å². The predicted molar refractivity (Wildman–Crippen MR) is 131 cm³/mol. The number of para-hydroxylation sites is 2. The molecular formula is C26H34N4O3. The SMILES string of the molecule is CCCC(C)NC(=O)C1CCCN(CC(=O)Nc2ccccc2C(=O)Nc2ccccc2)C1. The number of hydrogen-bond donors (Lipinski definition) is 3.